The topological polar surface area (TPSA) is 50.8 Å². The molecule has 0 bridgehead atoms. The summed E-state index contributed by atoms with van der Waals surface area (Å²) in [6.07, 6.45) is 0. The number of nitrogens with zero attached hydrogens (tertiary/aromatic N) is 1. The monoisotopic (exact) mass is 354 g/mol. The number of hydrogen-bond acceptors (Lipinski definition) is 4. The second kappa shape index (κ2) is 9.36. The van der Waals surface area contributed by atoms with Crippen molar-refractivity contribution in [1.82, 2.24) is 10.2 Å². The van der Waals surface area contributed by atoms with Gasteiger partial charge in [-0.3, -0.25) is 9.69 Å². The van der Waals surface area contributed by atoms with Crippen LogP contribution in [0.2, 0.25) is 0 Å². The Labute approximate surface area is 154 Å². The summed E-state index contributed by atoms with van der Waals surface area (Å²) in [7, 11) is 0. The van der Waals surface area contributed by atoms with E-state index in [0.717, 1.165) is 31.9 Å². The van der Waals surface area contributed by atoms with Crippen LogP contribution in [-0.4, -0.2) is 50.3 Å². The van der Waals surface area contributed by atoms with Crippen LogP contribution < -0.4 is 10.1 Å². The number of carbonyl (C=O) groups excluding carboxylic acids is 1. The number of nitrogens with one attached hydrogen (secondary N) is 1. The zero-order valence-corrected chi connectivity index (χ0v) is 15.2. The van der Waals surface area contributed by atoms with Gasteiger partial charge in [-0.1, -0.05) is 42.5 Å². The number of amides is 1. The highest BCUT2D eigenvalue weighted by Crippen LogP contribution is 2.21. The van der Waals surface area contributed by atoms with Crippen LogP contribution in [0.25, 0.3) is 0 Å². The summed E-state index contributed by atoms with van der Waals surface area (Å²) in [5, 5.41) is 3.02. The molecule has 1 fully saturated rings. The Kier molecular flexibility index (Phi) is 6.63. The smallest absolute Gasteiger partial charge is 0.258 e. The lowest BCUT2D eigenvalue weighted by Gasteiger charge is -2.34. The summed E-state index contributed by atoms with van der Waals surface area (Å²) in [6, 6.07) is 18.1. The first kappa shape index (κ1) is 18.4. The van der Waals surface area contributed by atoms with Crippen molar-refractivity contribution in [2.45, 2.75) is 13.0 Å². The first-order chi connectivity index (χ1) is 12.7. The van der Waals surface area contributed by atoms with Crippen LogP contribution in [0, 0.1) is 6.92 Å². The Hall–Kier alpha value is -2.37. The molecule has 1 amide bonds. The fourth-order valence-corrected chi connectivity index (χ4v) is 3.14. The van der Waals surface area contributed by atoms with Gasteiger partial charge in [0.1, 0.15) is 5.75 Å². The number of aryl methyl sites for hydroxylation is 1. The molecule has 0 unspecified atom stereocenters. The zero-order valence-electron chi connectivity index (χ0n) is 15.2. The maximum absolute atomic E-state index is 12.2. The molecule has 138 valence electrons. The molecule has 5 heteroatoms. The molecule has 0 aliphatic carbocycles. The molecule has 2 aromatic carbocycles. The largest absolute Gasteiger partial charge is 0.484 e. The highest BCUT2D eigenvalue weighted by atomic mass is 16.5. The average Bonchev–Trinajstić information content (AvgIpc) is 2.68. The van der Waals surface area contributed by atoms with Gasteiger partial charge in [0, 0.05) is 19.6 Å². The number of hydrogen-bond donors (Lipinski definition) is 1. The molecule has 1 N–H and O–H groups in total. The van der Waals surface area contributed by atoms with Gasteiger partial charge in [0.15, 0.2) is 6.61 Å². The number of ether oxygens (including phenoxy) is 2. The van der Waals surface area contributed by atoms with Crippen molar-refractivity contribution in [1.29, 1.82) is 0 Å². The van der Waals surface area contributed by atoms with Crippen LogP contribution in [-0.2, 0) is 9.53 Å². The molecule has 1 heterocycles. The molecular weight excluding hydrogens is 328 g/mol. The Morgan fingerprint density at radius 2 is 1.92 bits per heavy atom. The van der Waals surface area contributed by atoms with E-state index in [9.17, 15) is 4.79 Å². The van der Waals surface area contributed by atoms with E-state index in [2.05, 4.69) is 22.3 Å². The van der Waals surface area contributed by atoms with Crippen molar-refractivity contribution in [3.8, 4) is 5.75 Å². The molecule has 1 atom stereocenters. The van der Waals surface area contributed by atoms with Crippen LogP contribution in [0.1, 0.15) is 17.2 Å². The second-order valence-corrected chi connectivity index (χ2v) is 6.48. The van der Waals surface area contributed by atoms with Crippen molar-refractivity contribution >= 4 is 5.91 Å². The molecule has 2 aromatic rings. The lowest BCUT2D eigenvalue weighted by atomic mass is 10.0. The predicted molar refractivity (Wildman–Crippen MR) is 101 cm³/mol. The fourth-order valence-electron chi connectivity index (χ4n) is 3.14. The third kappa shape index (κ3) is 5.31. The summed E-state index contributed by atoms with van der Waals surface area (Å²) >= 11 is 0. The minimum Gasteiger partial charge on any atom is -0.484 e. The van der Waals surface area contributed by atoms with Crippen molar-refractivity contribution in [2.75, 3.05) is 39.5 Å². The molecule has 1 aliphatic heterocycles. The third-order valence-corrected chi connectivity index (χ3v) is 4.52. The van der Waals surface area contributed by atoms with E-state index in [0.29, 0.717) is 12.3 Å². The van der Waals surface area contributed by atoms with Gasteiger partial charge < -0.3 is 14.8 Å². The quantitative estimate of drug-likeness (QED) is 0.830. The third-order valence-electron chi connectivity index (χ3n) is 4.52. The molecule has 0 saturated carbocycles. The van der Waals surface area contributed by atoms with E-state index in [1.807, 2.05) is 49.4 Å². The Balaban J connectivity index is 1.55. The number of benzene rings is 2. The van der Waals surface area contributed by atoms with Crippen LogP contribution in [0.15, 0.2) is 54.6 Å². The minimum absolute atomic E-state index is 0.0219. The average molecular weight is 354 g/mol. The lowest BCUT2D eigenvalue weighted by Crippen LogP contribution is -2.44. The SMILES string of the molecule is Cc1cccc(OCC(=O)NC[C@H](c2ccccc2)N2CCOCC2)c1. The predicted octanol–water partition coefficient (Wildman–Crippen LogP) is 2.56. The number of carbonyl (C=O) groups is 1. The van der Waals surface area contributed by atoms with Crippen LogP contribution in [0.4, 0.5) is 0 Å². The minimum atomic E-state index is -0.110. The van der Waals surface area contributed by atoms with E-state index >= 15 is 0 Å². The standard InChI is InChI=1S/C21H26N2O3/c1-17-6-5-9-19(14-17)26-16-21(24)22-15-20(18-7-3-2-4-8-18)23-10-12-25-13-11-23/h2-9,14,20H,10-13,15-16H2,1H3,(H,22,24)/t20-/m1/s1. The van der Waals surface area contributed by atoms with E-state index in [-0.39, 0.29) is 18.6 Å². The van der Waals surface area contributed by atoms with Gasteiger partial charge in [-0.05, 0) is 30.2 Å². The molecule has 26 heavy (non-hydrogen) atoms. The first-order valence-corrected chi connectivity index (χ1v) is 9.05. The van der Waals surface area contributed by atoms with Crippen LogP contribution in [0.3, 0.4) is 0 Å². The van der Waals surface area contributed by atoms with Gasteiger partial charge in [0.2, 0.25) is 0 Å². The van der Waals surface area contributed by atoms with Crippen molar-refractivity contribution < 1.29 is 14.3 Å². The van der Waals surface area contributed by atoms with Crippen LogP contribution >= 0.6 is 0 Å². The Bertz CT molecular complexity index is 699. The first-order valence-electron chi connectivity index (χ1n) is 9.05. The Morgan fingerprint density at radius 3 is 2.65 bits per heavy atom. The summed E-state index contributed by atoms with van der Waals surface area (Å²) in [5.41, 5.74) is 2.31. The molecule has 5 nitrogen and oxygen atoms in total. The molecule has 0 spiro atoms. The summed E-state index contributed by atoms with van der Waals surface area (Å²) < 4.78 is 11.0. The van der Waals surface area contributed by atoms with Crippen molar-refractivity contribution in [3.05, 3.63) is 65.7 Å². The summed E-state index contributed by atoms with van der Waals surface area (Å²) in [4.78, 5) is 14.6. The zero-order chi connectivity index (χ0) is 18.2. The Morgan fingerprint density at radius 1 is 1.15 bits per heavy atom. The number of morpholine rings is 1. The van der Waals surface area contributed by atoms with Gasteiger partial charge in [-0.25, -0.2) is 0 Å². The molecule has 1 aliphatic rings. The number of rotatable bonds is 7. The van der Waals surface area contributed by atoms with Crippen molar-refractivity contribution in [3.63, 3.8) is 0 Å². The van der Waals surface area contributed by atoms with Gasteiger partial charge >= 0.3 is 0 Å². The summed E-state index contributed by atoms with van der Waals surface area (Å²) in [6.45, 7) is 5.78. The summed E-state index contributed by atoms with van der Waals surface area (Å²) in [5.74, 6) is 0.605. The normalized spacial score (nSPS) is 16.0. The van der Waals surface area contributed by atoms with E-state index in [1.165, 1.54) is 5.56 Å². The molecule has 3 rings (SSSR count). The molecule has 0 aromatic heterocycles. The second-order valence-electron chi connectivity index (χ2n) is 6.48. The van der Waals surface area contributed by atoms with Crippen molar-refractivity contribution in [2.24, 2.45) is 0 Å². The van der Waals surface area contributed by atoms with E-state index in [4.69, 9.17) is 9.47 Å². The van der Waals surface area contributed by atoms with E-state index < -0.39 is 0 Å². The molecule has 0 radical (unpaired) electrons. The van der Waals surface area contributed by atoms with Gasteiger partial charge in [0.05, 0.1) is 19.3 Å². The van der Waals surface area contributed by atoms with E-state index in [1.54, 1.807) is 0 Å². The highest BCUT2D eigenvalue weighted by Gasteiger charge is 2.23. The van der Waals surface area contributed by atoms with Gasteiger partial charge in [0.25, 0.3) is 5.91 Å². The maximum atomic E-state index is 12.2. The molecule has 1 saturated heterocycles. The lowest BCUT2D eigenvalue weighted by molar-refractivity contribution is -0.123. The van der Waals surface area contributed by atoms with Gasteiger partial charge in [-0.15, -0.1) is 0 Å². The van der Waals surface area contributed by atoms with Gasteiger partial charge in [-0.2, -0.15) is 0 Å². The van der Waals surface area contributed by atoms with Crippen LogP contribution in [0.5, 0.6) is 5.75 Å². The molecular formula is C21H26N2O3. The fraction of sp³-hybridized carbons (Fsp3) is 0.381. The maximum Gasteiger partial charge on any atom is 0.258 e. The highest BCUT2D eigenvalue weighted by molar-refractivity contribution is 5.77.